The highest BCUT2D eigenvalue weighted by Crippen LogP contribution is 2.35. The van der Waals surface area contributed by atoms with Crippen molar-refractivity contribution in [2.24, 2.45) is 0 Å². The maximum absolute atomic E-state index is 12.1. The molecule has 1 aromatic heterocycles. The number of ether oxygens (including phenoxy) is 1. The van der Waals surface area contributed by atoms with E-state index in [4.69, 9.17) is 4.74 Å². The molecule has 2 aromatic rings. The number of hydrogen-bond donors (Lipinski definition) is 1. The van der Waals surface area contributed by atoms with Crippen LogP contribution >= 0.6 is 11.3 Å². The van der Waals surface area contributed by atoms with Crippen molar-refractivity contribution >= 4 is 28.2 Å². The Hall–Kier alpha value is -2.40. The summed E-state index contributed by atoms with van der Waals surface area (Å²) in [6.07, 6.45) is 3.06. The number of benzene rings is 1. The molecule has 2 rings (SSSR count). The van der Waals surface area contributed by atoms with E-state index in [-0.39, 0.29) is 12.5 Å². The first kappa shape index (κ1) is 16.0. The molecule has 0 spiro atoms. The number of carbonyl (C=O) groups is 2. The topological polar surface area (TPSA) is 55.4 Å². The summed E-state index contributed by atoms with van der Waals surface area (Å²) in [5.74, 6) is -0.703. The molecule has 1 heterocycles. The Kier molecular flexibility index (Phi) is 5.49. The van der Waals surface area contributed by atoms with E-state index in [1.165, 1.54) is 17.4 Å². The number of rotatable bonds is 5. The van der Waals surface area contributed by atoms with Gasteiger partial charge in [-0.05, 0) is 31.6 Å². The van der Waals surface area contributed by atoms with Gasteiger partial charge in [0.1, 0.15) is 5.00 Å². The third-order valence-electron chi connectivity index (χ3n) is 2.84. The van der Waals surface area contributed by atoms with E-state index in [0.29, 0.717) is 10.6 Å². The van der Waals surface area contributed by atoms with E-state index in [1.807, 2.05) is 30.3 Å². The molecule has 0 aliphatic rings. The minimum atomic E-state index is -0.434. The molecule has 22 heavy (non-hydrogen) atoms. The number of nitrogens with one attached hydrogen (secondary N) is 1. The zero-order chi connectivity index (χ0) is 15.9. The Labute approximate surface area is 133 Å². The van der Waals surface area contributed by atoms with E-state index < -0.39 is 5.97 Å². The Morgan fingerprint density at radius 2 is 2.00 bits per heavy atom. The maximum Gasteiger partial charge on any atom is 0.341 e. The first-order valence-corrected chi connectivity index (χ1v) is 7.77. The van der Waals surface area contributed by atoms with Crippen molar-refractivity contribution in [3.05, 3.63) is 54.1 Å². The fraction of sp³-hybridized carbons (Fsp3) is 0.176. The second kappa shape index (κ2) is 7.56. The van der Waals surface area contributed by atoms with Gasteiger partial charge in [-0.1, -0.05) is 36.4 Å². The van der Waals surface area contributed by atoms with Crippen molar-refractivity contribution in [3.63, 3.8) is 0 Å². The number of esters is 1. The van der Waals surface area contributed by atoms with Gasteiger partial charge in [-0.3, -0.25) is 4.79 Å². The van der Waals surface area contributed by atoms with Crippen LogP contribution in [0.2, 0.25) is 0 Å². The molecule has 0 unspecified atom stereocenters. The van der Waals surface area contributed by atoms with E-state index >= 15 is 0 Å². The summed E-state index contributed by atoms with van der Waals surface area (Å²) in [5.41, 5.74) is 1.37. The fourth-order valence-corrected chi connectivity index (χ4v) is 2.95. The summed E-state index contributed by atoms with van der Waals surface area (Å²) < 4.78 is 5.06. The lowest BCUT2D eigenvalue weighted by Gasteiger charge is -2.03. The standard InChI is InChI=1S/C17H17NO3S/c1-3-8-15(19)18-16-13(17(20)21-4-2)11-14(22-16)12-9-6-5-7-10-12/h3,5-11H,4H2,1-2H3,(H,18,19)/b8-3+. The molecular weight excluding hydrogens is 298 g/mol. The lowest BCUT2D eigenvalue weighted by Crippen LogP contribution is -2.11. The lowest BCUT2D eigenvalue weighted by molar-refractivity contribution is -0.111. The van der Waals surface area contributed by atoms with Crippen molar-refractivity contribution in [2.45, 2.75) is 13.8 Å². The maximum atomic E-state index is 12.1. The largest absolute Gasteiger partial charge is 0.462 e. The average molecular weight is 315 g/mol. The third kappa shape index (κ3) is 3.83. The van der Waals surface area contributed by atoms with Crippen LogP contribution in [0.4, 0.5) is 5.00 Å². The predicted octanol–water partition coefficient (Wildman–Crippen LogP) is 4.11. The minimum Gasteiger partial charge on any atom is -0.462 e. The van der Waals surface area contributed by atoms with Crippen LogP contribution in [0.3, 0.4) is 0 Å². The first-order valence-electron chi connectivity index (χ1n) is 6.95. The van der Waals surface area contributed by atoms with E-state index in [0.717, 1.165) is 10.4 Å². The average Bonchev–Trinajstić information content (AvgIpc) is 2.92. The number of thiophene rings is 1. The third-order valence-corrected chi connectivity index (χ3v) is 3.94. The summed E-state index contributed by atoms with van der Waals surface area (Å²) in [6, 6.07) is 11.5. The molecule has 0 fully saturated rings. The molecule has 0 radical (unpaired) electrons. The van der Waals surface area contributed by atoms with Crippen molar-refractivity contribution in [3.8, 4) is 10.4 Å². The summed E-state index contributed by atoms with van der Waals surface area (Å²) in [7, 11) is 0. The van der Waals surface area contributed by atoms with Gasteiger partial charge in [0, 0.05) is 4.88 Å². The molecule has 0 atom stereocenters. The Morgan fingerprint density at radius 3 is 2.64 bits per heavy atom. The molecule has 1 aromatic carbocycles. The molecule has 5 heteroatoms. The zero-order valence-corrected chi connectivity index (χ0v) is 13.3. The van der Waals surface area contributed by atoms with Crippen LogP contribution in [0.15, 0.2) is 48.6 Å². The Bertz CT molecular complexity index is 689. The monoisotopic (exact) mass is 315 g/mol. The zero-order valence-electron chi connectivity index (χ0n) is 12.5. The van der Waals surface area contributed by atoms with Gasteiger partial charge in [-0.25, -0.2) is 4.79 Å². The Balaban J connectivity index is 2.39. The van der Waals surface area contributed by atoms with Crippen molar-refractivity contribution in [1.82, 2.24) is 0 Å². The highest BCUT2D eigenvalue weighted by atomic mass is 32.1. The van der Waals surface area contributed by atoms with Crippen LogP contribution < -0.4 is 5.32 Å². The number of allylic oxidation sites excluding steroid dienone is 1. The second-order valence-electron chi connectivity index (χ2n) is 4.43. The van der Waals surface area contributed by atoms with Crippen LogP contribution in [0.5, 0.6) is 0 Å². The highest BCUT2D eigenvalue weighted by Gasteiger charge is 2.19. The van der Waals surface area contributed by atoms with Gasteiger partial charge < -0.3 is 10.1 Å². The first-order chi connectivity index (χ1) is 10.7. The fourth-order valence-electron chi connectivity index (χ4n) is 1.89. The molecule has 0 aliphatic heterocycles. The number of carbonyl (C=O) groups excluding carboxylic acids is 2. The second-order valence-corrected chi connectivity index (χ2v) is 5.48. The summed E-state index contributed by atoms with van der Waals surface area (Å²) in [4.78, 5) is 24.7. The molecule has 0 bridgehead atoms. The number of amides is 1. The van der Waals surface area contributed by atoms with E-state index in [1.54, 1.807) is 26.0 Å². The minimum absolute atomic E-state index is 0.269. The summed E-state index contributed by atoms with van der Waals surface area (Å²) in [6.45, 7) is 3.80. The van der Waals surface area contributed by atoms with Crippen molar-refractivity contribution in [1.29, 1.82) is 0 Å². The quantitative estimate of drug-likeness (QED) is 0.667. The lowest BCUT2D eigenvalue weighted by atomic mass is 10.1. The van der Waals surface area contributed by atoms with Gasteiger partial charge in [0.2, 0.25) is 5.91 Å². The van der Waals surface area contributed by atoms with Crippen LogP contribution in [-0.2, 0) is 9.53 Å². The summed E-state index contributed by atoms with van der Waals surface area (Å²) >= 11 is 1.35. The Morgan fingerprint density at radius 1 is 1.27 bits per heavy atom. The molecule has 0 saturated carbocycles. The van der Waals surface area contributed by atoms with E-state index in [2.05, 4.69) is 5.32 Å². The number of anilines is 1. The molecule has 0 aliphatic carbocycles. The molecule has 1 N–H and O–H groups in total. The van der Waals surface area contributed by atoms with Crippen LogP contribution in [-0.4, -0.2) is 18.5 Å². The van der Waals surface area contributed by atoms with E-state index in [9.17, 15) is 9.59 Å². The van der Waals surface area contributed by atoms with Gasteiger partial charge in [0.25, 0.3) is 0 Å². The van der Waals surface area contributed by atoms with Gasteiger partial charge in [0.15, 0.2) is 0 Å². The van der Waals surface area contributed by atoms with Crippen molar-refractivity contribution in [2.75, 3.05) is 11.9 Å². The molecule has 114 valence electrons. The number of hydrogen-bond acceptors (Lipinski definition) is 4. The van der Waals surface area contributed by atoms with Crippen molar-refractivity contribution < 1.29 is 14.3 Å². The molecule has 0 saturated heterocycles. The highest BCUT2D eigenvalue weighted by molar-refractivity contribution is 7.20. The molecule has 1 amide bonds. The van der Waals surface area contributed by atoms with Crippen LogP contribution in [0.1, 0.15) is 24.2 Å². The van der Waals surface area contributed by atoms with Crippen LogP contribution in [0, 0.1) is 0 Å². The van der Waals surface area contributed by atoms with Gasteiger partial charge in [-0.15, -0.1) is 11.3 Å². The summed E-state index contributed by atoms with van der Waals surface area (Å²) in [5, 5.41) is 3.23. The van der Waals surface area contributed by atoms with Gasteiger partial charge in [-0.2, -0.15) is 0 Å². The normalized spacial score (nSPS) is 10.6. The predicted molar refractivity (Wildman–Crippen MR) is 89.2 cm³/mol. The smallest absolute Gasteiger partial charge is 0.341 e. The molecule has 4 nitrogen and oxygen atoms in total. The molecular formula is C17H17NO3S. The SMILES string of the molecule is C/C=C/C(=O)Nc1sc(-c2ccccc2)cc1C(=O)OCC. The van der Waals surface area contributed by atoms with Gasteiger partial charge in [0.05, 0.1) is 12.2 Å². The van der Waals surface area contributed by atoms with Crippen LogP contribution in [0.25, 0.3) is 10.4 Å². The van der Waals surface area contributed by atoms with Gasteiger partial charge >= 0.3 is 5.97 Å².